The van der Waals surface area contributed by atoms with Crippen molar-refractivity contribution < 1.29 is 17.6 Å². The third kappa shape index (κ3) is 2.65. The molecule has 0 aliphatic rings. The van der Waals surface area contributed by atoms with E-state index in [9.17, 15) is 13.2 Å². The van der Waals surface area contributed by atoms with Gasteiger partial charge in [-0.05, 0) is 30.3 Å². The van der Waals surface area contributed by atoms with Gasteiger partial charge < -0.3 is 4.42 Å². The Balaban J connectivity index is 2.02. The molecular weight excluding hydrogens is 362 g/mol. The summed E-state index contributed by atoms with van der Waals surface area (Å²) in [6, 6.07) is 17.9. The Bertz CT molecular complexity index is 1310. The number of hydrogen-bond donors (Lipinski definition) is 0. The Labute approximate surface area is 155 Å². The Hall–Kier alpha value is -3.56. The summed E-state index contributed by atoms with van der Waals surface area (Å²) >= 11 is 0. The van der Waals surface area contributed by atoms with Crippen LogP contribution in [0, 0.1) is 12.3 Å². The molecule has 0 radical (unpaired) electrons. The number of para-hydroxylation sites is 1. The molecule has 2 aromatic carbocycles. The smallest absolute Gasteiger partial charge is 0.268 e. The minimum absolute atomic E-state index is 0.0356. The molecule has 4 rings (SSSR count). The number of benzene rings is 2. The molecular formula is C21H13NO4S. The molecule has 0 amide bonds. The monoisotopic (exact) mass is 375 g/mol. The molecule has 27 heavy (non-hydrogen) atoms. The van der Waals surface area contributed by atoms with E-state index in [4.69, 9.17) is 10.8 Å². The largest absolute Gasteiger partial charge is 0.459 e. The van der Waals surface area contributed by atoms with E-state index in [1.54, 1.807) is 42.5 Å². The van der Waals surface area contributed by atoms with Crippen LogP contribution < -0.4 is 0 Å². The zero-order valence-electron chi connectivity index (χ0n) is 14.0. The molecule has 4 aromatic rings. The molecule has 2 aromatic heterocycles. The second-order valence-electron chi connectivity index (χ2n) is 5.81. The van der Waals surface area contributed by atoms with Crippen molar-refractivity contribution in [2.45, 2.75) is 4.90 Å². The molecule has 0 bridgehead atoms. The Morgan fingerprint density at radius 3 is 2.44 bits per heavy atom. The summed E-state index contributed by atoms with van der Waals surface area (Å²) in [6.45, 7) is 0. The normalized spacial score (nSPS) is 11.4. The van der Waals surface area contributed by atoms with Gasteiger partial charge in [-0.15, -0.1) is 6.42 Å². The average molecular weight is 375 g/mol. The Kier molecular flexibility index (Phi) is 3.94. The van der Waals surface area contributed by atoms with Gasteiger partial charge >= 0.3 is 0 Å². The number of terminal acetylenes is 1. The highest BCUT2D eigenvalue weighted by Gasteiger charge is 2.28. The SMILES string of the molecule is C#Cc1ccoc1C(=O)c1cc2ccccc2n1S(=O)(=O)c1ccccc1. The van der Waals surface area contributed by atoms with Crippen LogP contribution in [-0.4, -0.2) is 18.2 Å². The predicted octanol–water partition coefficient (Wildman–Crippen LogP) is 3.68. The first-order valence-corrected chi connectivity index (χ1v) is 9.48. The quantitative estimate of drug-likeness (QED) is 0.403. The summed E-state index contributed by atoms with van der Waals surface area (Å²) in [7, 11) is -4.01. The van der Waals surface area contributed by atoms with Gasteiger partial charge in [-0.3, -0.25) is 4.79 Å². The number of ketones is 1. The Morgan fingerprint density at radius 1 is 1.00 bits per heavy atom. The third-order valence-corrected chi connectivity index (χ3v) is 5.95. The van der Waals surface area contributed by atoms with Gasteiger partial charge in [0.1, 0.15) is 5.69 Å². The Morgan fingerprint density at radius 2 is 1.70 bits per heavy atom. The van der Waals surface area contributed by atoms with Gasteiger partial charge in [-0.1, -0.05) is 42.3 Å². The van der Waals surface area contributed by atoms with Gasteiger partial charge in [0.15, 0.2) is 5.76 Å². The molecule has 0 saturated carbocycles. The zero-order chi connectivity index (χ0) is 19.0. The van der Waals surface area contributed by atoms with Crippen molar-refractivity contribution in [1.82, 2.24) is 3.97 Å². The lowest BCUT2D eigenvalue weighted by molar-refractivity contribution is 0.100. The van der Waals surface area contributed by atoms with Gasteiger partial charge in [0.05, 0.1) is 22.2 Å². The zero-order valence-corrected chi connectivity index (χ0v) is 14.8. The van der Waals surface area contributed by atoms with Crippen LogP contribution in [0.2, 0.25) is 0 Å². The molecule has 0 unspecified atom stereocenters. The predicted molar refractivity (Wildman–Crippen MR) is 101 cm³/mol. The summed E-state index contributed by atoms with van der Waals surface area (Å²) in [5.41, 5.74) is 0.638. The molecule has 0 spiro atoms. The summed E-state index contributed by atoms with van der Waals surface area (Å²) in [5.74, 6) is 1.72. The lowest BCUT2D eigenvalue weighted by Crippen LogP contribution is -2.19. The number of hydrogen-bond acceptors (Lipinski definition) is 4. The van der Waals surface area contributed by atoms with Crippen molar-refractivity contribution in [3.8, 4) is 12.3 Å². The highest BCUT2D eigenvalue weighted by atomic mass is 32.2. The molecule has 2 heterocycles. The van der Waals surface area contributed by atoms with Gasteiger partial charge in [0.2, 0.25) is 5.78 Å². The van der Waals surface area contributed by atoms with E-state index in [-0.39, 0.29) is 21.9 Å². The van der Waals surface area contributed by atoms with Crippen LogP contribution in [0.15, 0.2) is 82.3 Å². The fourth-order valence-corrected chi connectivity index (χ4v) is 4.49. The average Bonchev–Trinajstić information content (AvgIpc) is 3.32. The summed E-state index contributed by atoms with van der Waals surface area (Å²) in [6.07, 6.45) is 6.72. The van der Waals surface area contributed by atoms with E-state index in [2.05, 4.69) is 5.92 Å². The number of carbonyl (C=O) groups is 1. The number of rotatable bonds is 4. The van der Waals surface area contributed by atoms with Gasteiger partial charge in [-0.2, -0.15) is 0 Å². The molecule has 0 aliphatic carbocycles. The van der Waals surface area contributed by atoms with E-state index in [0.29, 0.717) is 10.9 Å². The maximum Gasteiger partial charge on any atom is 0.268 e. The van der Waals surface area contributed by atoms with Crippen molar-refractivity contribution in [2.24, 2.45) is 0 Å². The summed E-state index contributed by atoms with van der Waals surface area (Å²) in [5, 5.41) is 0.620. The first kappa shape index (κ1) is 16.9. The molecule has 0 N–H and O–H groups in total. The van der Waals surface area contributed by atoms with Crippen LogP contribution in [-0.2, 0) is 10.0 Å². The first-order valence-electron chi connectivity index (χ1n) is 8.04. The fourth-order valence-electron chi connectivity index (χ4n) is 2.96. The molecule has 0 fully saturated rings. The third-order valence-electron chi connectivity index (χ3n) is 4.21. The van der Waals surface area contributed by atoms with E-state index >= 15 is 0 Å². The highest BCUT2D eigenvalue weighted by Crippen LogP contribution is 2.28. The minimum Gasteiger partial charge on any atom is -0.459 e. The van der Waals surface area contributed by atoms with Gasteiger partial charge in [0, 0.05) is 5.39 Å². The number of fused-ring (bicyclic) bond motifs is 1. The topological polar surface area (TPSA) is 69.3 Å². The molecule has 0 saturated heterocycles. The van der Waals surface area contributed by atoms with Crippen LogP contribution in [0.1, 0.15) is 21.8 Å². The number of furan rings is 1. The molecule has 6 heteroatoms. The summed E-state index contributed by atoms with van der Waals surface area (Å²) in [4.78, 5) is 13.2. The first-order chi connectivity index (χ1) is 13.0. The van der Waals surface area contributed by atoms with Gasteiger partial charge in [-0.25, -0.2) is 12.4 Å². The van der Waals surface area contributed by atoms with Crippen LogP contribution in [0.5, 0.6) is 0 Å². The maximum absolute atomic E-state index is 13.3. The van der Waals surface area contributed by atoms with Crippen LogP contribution in [0.3, 0.4) is 0 Å². The van der Waals surface area contributed by atoms with E-state index in [1.807, 2.05) is 0 Å². The molecule has 132 valence electrons. The van der Waals surface area contributed by atoms with Crippen LogP contribution in [0.4, 0.5) is 0 Å². The van der Waals surface area contributed by atoms with Crippen molar-refractivity contribution in [3.05, 3.63) is 90.0 Å². The van der Waals surface area contributed by atoms with Gasteiger partial charge in [0.25, 0.3) is 10.0 Å². The minimum atomic E-state index is -4.01. The van der Waals surface area contributed by atoms with Crippen molar-refractivity contribution >= 4 is 26.7 Å². The second-order valence-corrected chi connectivity index (χ2v) is 7.59. The lowest BCUT2D eigenvalue weighted by Gasteiger charge is -2.11. The standard InChI is InChI=1S/C21H13NO4S/c1-2-15-12-13-26-21(15)20(23)19-14-16-8-6-7-11-18(16)22(19)27(24,25)17-9-4-3-5-10-17/h1,3-14H. The molecule has 0 atom stereocenters. The number of aromatic nitrogens is 1. The fraction of sp³-hybridized carbons (Fsp3) is 0. The summed E-state index contributed by atoms with van der Waals surface area (Å²) < 4.78 is 32.9. The van der Waals surface area contributed by atoms with E-state index < -0.39 is 15.8 Å². The number of carbonyl (C=O) groups excluding carboxylic acids is 1. The van der Waals surface area contributed by atoms with Crippen molar-refractivity contribution in [3.63, 3.8) is 0 Å². The highest BCUT2D eigenvalue weighted by molar-refractivity contribution is 7.90. The van der Waals surface area contributed by atoms with E-state index in [1.165, 1.54) is 30.5 Å². The van der Waals surface area contributed by atoms with Crippen molar-refractivity contribution in [1.29, 1.82) is 0 Å². The molecule has 0 aliphatic heterocycles. The number of nitrogens with zero attached hydrogens (tertiary/aromatic N) is 1. The van der Waals surface area contributed by atoms with Crippen LogP contribution in [0.25, 0.3) is 10.9 Å². The van der Waals surface area contributed by atoms with E-state index in [0.717, 1.165) is 3.97 Å². The molecule has 5 nitrogen and oxygen atoms in total. The maximum atomic E-state index is 13.3. The van der Waals surface area contributed by atoms with Crippen LogP contribution >= 0.6 is 0 Å². The van der Waals surface area contributed by atoms with Crippen molar-refractivity contribution in [2.75, 3.05) is 0 Å². The lowest BCUT2D eigenvalue weighted by atomic mass is 10.1. The second kappa shape index (κ2) is 6.31.